The molecule has 0 N–H and O–H groups in total. The van der Waals surface area contributed by atoms with Crippen LogP contribution in [0.2, 0.25) is 0 Å². The SMILES string of the molecule is CC(C)OC(=O)c1ncccc1C#N. The fraction of sp³-hybridized carbons (Fsp3) is 0.300. The molecule has 4 nitrogen and oxygen atoms in total. The molecule has 4 heteroatoms. The molecule has 72 valence electrons. The molecule has 0 saturated carbocycles. The molecule has 0 bridgehead atoms. The number of carbonyl (C=O) groups excluding carboxylic acids is 1. The third-order valence-electron chi connectivity index (χ3n) is 1.46. The minimum atomic E-state index is -0.558. The molecule has 0 spiro atoms. The van der Waals surface area contributed by atoms with Crippen molar-refractivity contribution in [1.82, 2.24) is 4.98 Å². The van der Waals surface area contributed by atoms with Gasteiger partial charge in [-0.25, -0.2) is 9.78 Å². The summed E-state index contributed by atoms with van der Waals surface area (Å²) < 4.78 is 4.93. The molecule has 1 heterocycles. The van der Waals surface area contributed by atoms with Gasteiger partial charge in [-0.15, -0.1) is 0 Å². The molecule has 0 aliphatic heterocycles. The highest BCUT2D eigenvalue weighted by Gasteiger charge is 2.14. The number of esters is 1. The fourth-order valence-electron chi connectivity index (χ4n) is 0.928. The van der Waals surface area contributed by atoms with Gasteiger partial charge in [0.1, 0.15) is 6.07 Å². The van der Waals surface area contributed by atoms with E-state index in [1.165, 1.54) is 12.3 Å². The lowest BCUT2D eigenvalue weighted by molar-refractivity contribution is 0.0370. The van der Waals surface area contributed by atoms with Crippen molar-refractivity contribution >= 4 is 5.97 Å². The predicted molar refractivity (Wildman–Crippen MR) is 49.5 cm³/mol. The minimum Gasteiger partial charge on any atom is -0.458 e. The summed E-state index contributed by atoms with van der Waals surface area (Å²) in [4.78, 5) is 15.2. The molecular formula is C10H10N2O2. The van der Waals surface area contributed by atoms with E-state index < -0.39 is 5.97 Å². The van der Waals surface area contributed by atoms with Gasteiger partial charge in [0.15, 0.2) is 5.69 Å². The Kier molecular flexibility index (Phi) is 3.19. The molecule has 0 atom stereocenters. The minimum absolute atomic E-state index is 0.0729. The number of aromatic nitrogens is 1. The predicted octanol–water partition coefficient (Wildman–Crippen LogP) is 1.52. The monoisotopic (exact) mass is 190 g/mol. The van der Waals surface area contributed by atoms with Crippen LogP contribution in [0.15, 0.2) is 18.3 Å². The summed E-state index contributed by atoms with van der Waals surface area (Å²) >= 11 is 0. The lowest BCUT2D eigenvalue weighted by Gasteiger charge is -2.07. The first kappa shape index (κ1) is 10.2. The Labute approximate surface area is 82.1 Å². The van der Waals surface area contributed by atoms with Gasteiger partial charge in [-0.2, -0.15) is 5.26 Å². The van der Waals surface area contributed by atoms with Crippen LogP contribution < -0.4 is 0 Å². The normalized spacial score (nSPS) is 9.57. The summed E-state index contributed by atoms with van der Waals surface area (Å²) in [7, 11) is 0. The van der Waals surface area contributed by atoms with E-state index in [-0.39, 0.29) is 17.4 Å². The van der Waals surface area contributed by atoms with Crippen LogP contribution in [0, 0.1) is 11.3 Å². The van der Waals surface area contributed by atoms with E-state index in [9.17, 15) is 4.79 Å². The van der Waals surface area contributed by atoms with Crippen LogP contribution in [-0.4, -0.2) is 17.1 Å². The van der Waals surface area contributed by atoms with Crippen LogP contribution >= 0.6 is 0 Å². The van der Waals surface area contributed by atoms with Gasteiger partial charge >= 0.3 is 5.97 Å². The first-order valence-corrected chi connectivity index (χ1v) is 4.21. The lowest BCUT2D eigenvalue weighted by Crippen LogP contribution is -2.14. The van der Waals surface area contributed by atoms with Gasteiger partial charge in [-0.05, 0) is 26.0 Å². The second-order valence-electron chi connectivity index (χ2n) is 2.97. The fourth-order valence-corrected chi connectivity index (χ4v) is 0.928. The van der Waals surface area contributed by atoms with Crippen molar-refractivity contribution in [3.05, 3.63) is 29.6 Å². The third-order valence-corrected chi connectivity index (χ3v) is 1.46. The van der Waals surface area contributed by atoms with Crippen LogP contribution in [0.3, 0.4) is 0 Å². The number of rotatable bonds is 2. The van der Waals surface area contributed by atoms with Gasteiger partial charge in [-0.3, -0.25) is 0 Å². The maximum Gasteiger partial charge on any atom is 0.358 e. The van der Waals surface area contributed by atoms with E-state index in [0.717, 1.165) is 0 Å². The standard InChI is InChI=1S/C10H10N2O2/c1-7(2)14-10(13)9-8(6-11)4-3-5-12-9/h3-5,7H,1-2H3. The highest BCUT2D eigenvalue weighted by Crippen LogP contribution is 2.06. The molecule has 0 aliphatic carbocycles. The van der Waals surface area contributed by atoms with Crippen molar-refractivity contribution in [2.45, 2.75) is 20.0 Å². The van der Waals surface area contributed by atoms with Gasteiger partial charge in [-0.1, -0.05) is 0 Å². The van der Waals surface area contributed by atoms with Gasteiger partial charge in [0.25, 0.3) is 0 Å². The molecule has 1 aromatic rings. The molecule has 0 unspecified atom stereocenters. The molecule has 0 aliphatic rings. The number of carbonyl (C=O) groups is 1. The largest absolute Gasteiger partial charge is 0.458 e. The average molecular weight is 190 g/mol. The molecular weight excluding hydrogens is 180 g/mol. The van der Waals surface area contributed by atoms with Crippen molar-refractivity contribution in [3.8, 4) is 6.07 Å². The van der Waals surface area contributed by atoms with Crippen LogP contribution in [0.4, 0.5) is 0 Å². The summed E-state index contributed by atoms with van der Waals surface area (Å²) in [6, 6.07) is 5.02. The quantitative estimate of drug-likeness (QED) is 0.663. The van der Waals surface area contributed by atoms with Gasteiger partial charge < -0.3 is 4.74 Å². The number of hydrogen-bond donors (Lipinski definition) is 0. The summed E-state index contributed by atoms with van der Waals surface area (Å²) in [6.45, 7) is 3.49. The summed E-state index contributed by atoms with van der Waals surface area (Å²) in [5.74, 6) is -0.558. The molecule has 0 radical (unpaired) electrons. The number of nitriles is 1. The van der Waals surface area contributed by atoms with Gasteiger partial charge in [0, 0.05) is 6.20 Å². The highest BCUT2D eigenvalue weighted by molar-refractivity contribution is 5.89. The molecule has 0 aromatic carbocycles. The smallest absolute Gasteiger partial charge is 0.358 e. The Morgan fingerprint density at radius 2 is 2.36 bits per heavy atom. The Morgan fingerprint density at radius 3 is 2.93 bits per heavy atom. The molecule has 1 rings (SSSR count). The van der Waals surface area contributed by atoms with Crippen LogP contribution in [0.5, 0.6) is 0 Å². The zero-order chi connectivity index (χ0) is 10.6. The first-order chi connectivity index (χ1) is 6.65. The number of ether oxygens (including phenoxy) is 1. The van der Waals surface area contributed by atoms with Gasteiger partial charge in [0.05, 0.1) is 11.7 Å². The van der Waals surface area contributed by atoms with E-state index in [1.54, 1.807) is 19.9 Å². The topological polar surface area (TPSA) is 63.0 Å². The Bertz CT molecular complexity index is 380. The second kappa shape index (κ2) is 4.38. The molecule has 0 fully saturated rings. The third kappa shape index (κ3) is 2.30. The maximum absolute atomic E-state index is 11.4. The van der Waals surface area contributed by atoms with Crippen molar-refractivity contribution in [3.63, 3.8) is 0 Å². The summed E-state index contributed by atoms with van der Waals surface area (Å²) in [6.07, 6.45) is 1.24. The Morgan fingerprint density at radius 1 is 1.64 bits per heavy atom. The van der Waals surface area contributed by atoms with Crippen LogP contribution in [0.25, 0.3) is 0 Å². The first-order valence-electron chi connectivity index (χ1n) is 4.21. The summed E-state index contributed by atoms with van der Waals surface area (Å²) in [5.41, 5.74) is 0.307. The number of hydrogen-bond acceptors (Lipinski definition) is 4. The Hall–Kier alpha value is -1.89. The van der Waals surface area contributed by atoms with E-state index in [0.29, 0.717) is 0 Å². The zero-order valence-corrected chi connectivity index (χ0v) is 8.02. The molecule has 0 saturated heterocycles. The molecule has 0 amide bonds. The lowest BCUT2D eigenvalue weighted by atomic mass is 10.2. The van der Waals surface area contributed by atoms with Crippen molar-refractivity contribution in [2.24, 2.45) is 0 Å². The second-order valence-corrected chi connectivity index (χ2v) is 2.97. The van der Waals surface area contributed by atoms with E-state index in [1.807, 2.05) is 6.07 Å². The summed E-state index contributed by atoms with van der Waals surface area (Å²) in [5, 5.41) is 8.70. The average Bonchev–Trinajstić information content (AvgIpc) is 2.16. The van der Waals surface area contributed by atoms with Crippen molar-refractivity contribution < 1.29 is 9.53 Å². The van der Waals surface area contributed by atoms with Crippen LogP contribution in [0.1, 0.15) is 29.9 Å². The Balaban J connectivity index is 2.96. The number of nitrogens with zero attached hydrogens (tertiary/aromatic N) is 2. The molecule has 1 aromatic heterocycles. The molecule has 14 heavy (non-hydrogen) atoms. The van der Waals surface area contributed by atoms with E-state index >= 15 is 0 Å². The maximum atomic E-state index is 11.4. The van der Waals surface area contributed by atoms with Crippen molar-refractivity contribution in [2.75, 3.05) is 0 Å². The van der Waals surface area contributed by atoms with E-state index in [2.05, 4.69) is 4.98 Å². The van der Waals surface area contributed by atoms with Gasteiger partial charge in [0.2, 0.25) is 0 Å². The highest BCUT2D eigenvalue weighted by atomic mass is 16.5. The zero-order valence-electron chi connectivity index (χ0n) is 8.02. The van der Waals surface area contributed by atoms with Crippen molar-refractivity contribution in [1.29, 1.82) is 5.26 Å². The number of pyridine rings is 1. The van der Waals surface area contributed by atoms with E-state index in [4.69, 9.17) is 10.00 Å². The van der Waals surface area contributed by atoms with Crippen LogP contribution in [-0.2, 0) is 4.74 Å².